The first kappa shape index (κ1) is 16.2. The van der Waals surface area contributed by atoms with Crippen molar-refractivity contribution in [2.45, 2.75) is 11.0 Å². The molecule has 1 fully saturated rings. The van der Waals surface area contributed by atoms with Crippen LogP contribution in [0.15, 0.2) is 27.6 Å². The van der Waals surface area contributed by atoms with Crippen molar-refractivity contribution >= 4 is 37.6 Å². The third kappa shape index (κ3) is 3.37. The maximum atomic E-state index is 12.6. The summed E-state index contributed by atoms with van der Waals surface area (Å²) in [5.74, 6) is -0.591. The summed E-state index contributed by atoms with van der Waals surface area (Å²) in [6.07, 6.45) is -0.911. The van der Waals surface area contributed by atoms with Crippen molar-refractivity contribution in [3.05, 3.63) is 22.7 Å². The number of ether oxygens (including phenoxy) is 2. The van der Waals surface area contributed by atoms with Gasteiger partial charge < -0.3 is 15.2 Å². The number of carbonyl (C=O) groups excluding carboxylic acids is 1. The molecule has 1 saturated heterocycles. The van der Waals surface area contributed by atoms with Gasteiger partial charge in [0.25, 0.3) is 0 Å². The molecule has 0 radical (unpaired) electrons. The van der Waals surface area contributed by atoms with Crippen LogP contribution in [0.2, 0.25) is 0 Å². The first-order chi connectivity index (χ1) is 9.86. The molecular weight excluding hydrogens is 364 g/mol. The Morgan fingerprint density at radius 1 is 1.52 bits per heavy atom. The minimum atomic E-state index is -3.74. The predicted molar refractivity (Wildman–Crippen MR) is 79.1 cm³/mol. The van der Waals surface area contributed by atoms with Crippen molar-refractivity contribution in [1.82, 2.24) is 4.31 Å². The van der Waals surface area contributed by atoms with E-state index in [1.54, 1.807) is 0 Å². The van der Waals surface area contributed by atoms with Gasteiger partial charge >= 0.3 is 5.97 Å². The molecule has 1 unspecified atom stereocenters. The van der Waals surface area contributed by atoms with Gasteiger partial charge in [0.15, 0.2) is 6.10 Å². The number of nitrogens with zero attached hydrogens (tertiary/aromatic N) is 1. The second-order valence-electron chi connectivity index (χ2n) is 4.44. The molecule has 116 valence electrons. The number of morpholine rings is 1. The van der Waals surface area contributed by atoms with E-state index in [4.69, 9.17) is 10.5 Å². The molecule has 2 N–H and O–H groups in total. The van der Waals surface area contributed by atoms with Gasteiger partial charge in [0.1, 0.15) is 0 Å². The summed E-state index contributed by atoms with van der Waals surface area (Å²) >= 11 is 3.20. The van der Waals surface area contributed by atoms with Crippen molar-refractivity contribution < 1.29 is 22.7 Å². The number of hydrogen-bond donors (Lipinski definition) is 1. The lowest BCUT2D eigenvalue weighted by atomic mass is 10.3. The van der Waals surface area contributed by atoms with Crippen LogP contribution in [0.5, 0.6) is 0 Å². The molecule has 21 heavy (non-hydrogen) atoms. The van der Waals surface area contributed by atoms with Gasteiger partial charge in [-0.15, -0.1) is 0 Å². The van der Waals surface area contributed by atoms with Gasteiger partial charge in [-0.2, -0.15) is 4.31 Å². The summed E-state index contributed by atoms with van der Waals surface area (Å²) in [5.41, 5.74) is 6.06. The first-order valence-electron chi connectivity index (χ1n) is 6.11. The van der Waals surface area contributed by atoms with E-state index in [-0.39, 0.29) is 24.6 Å². The highest BCUT2D eigenvalue weighted by Gasteiger charge is 2.35. The normalized spacial score (nSPS) is 20.2. The summed E-state index contributed by atoms with van der Waals surface area (Å²) < 4.78 is 36.6. The average molecular weight is 379 g/mol. The minimum absolute atomic E-state index is 0.0776. The van der Waals surface area contributed by atoms with Gasteiger partial charge in [-0.25, -0.2) is 13.2 Å². The lowest BCUT2D eigenvalue weighted by Crippen LogP contribution is -2.48. The van der Waals surface area contributed by atoms with Gasteiger partial charge in [-0.3, -0.25) is 0 Å². The molecule has 0 amide bonds. The number of rotatable bonds is 3. The Balaban J connectivity index is 2.28. The molecule has 1 aromatic rings. The Kier molecular flexibility index (Phi) is 4.87. The van der Waals surface area contributed by atoms with Crippen molar-refractivity contribution in [2.75, 3.05) is 32.5 Å². The van der Waals surface area contributed by atoms with Crippen LogP contribution in [0, 0.1) is 0 Å². The number of halogens is 1. The zero-order chi connectivity index (χ0) is 15.6. The number of sulfonamides is 1. The SMILES string of the molecule is COC(=O)C1CN(S(=O)(=O)c2ccc(N)cc2Br)CCO1. The van der Waals surface area contributed by atoms with Crippen molar-refractivity contribution in [3.63, 3.8) is 0 Å². The van der Waals surface area contributed by atoms with Crippen LogP contribution in [0.1, 0.15) is 0 Å². The Morgan fingerprint density at radius 3 is 2.86 bits per heavy atom. The second-order valence-corrected chi connectivity index (χ2v) is 7.20. The minimum Gasteiger partial charge on any atom is -0.467 e. The molecule has 0 bridgehead atoms. The van der Waals surface area contributed by atoms with E-state index in [2.05, 4.69) is 20.7 Å². The number of nitrogen functional groups attached to an aromatic ring is 1. The highest BCUT2D eigenvalue weighted by atomic mass is 79.9. The summed E-state index contributed by atoms with van der Waals surface area (Å²) in [5, 5.41) is 0. The van der Waals surface area contributed by atoms with Crippen LogP contribution in [-0.4, -0.2) is 51.6 Å². The fourth-order valence-corrected chi connectivity index (χ4v) is 4.46. The van der Waals surface area contributed by atoms with Crippen molar-refractivity contribution in [2.24, 2.45) is 0 Å². The van der Waals surface area contributed by atoms with E-state index in [1.807, 2.05) is 0 Å². The highest BCUT2D eigenvalue weighted by molar-refractivity contribution is 9.10. The fraction of sp³-hybridized carbons (Fsp3) is 0.417. The van der Waals surface area contributed by atoms with E-state index in [1.165, 1.54) is 29.6 Å². The van der Waals surface area contributed by atoms with Crippen LogP contribution >= 0.6 is 15.9 Å². The second kappa shape index (κ2) is 6.30. The van der Waals surface area contributed by atoms with Gasteiger partial charge in [0, 0.05) is 16.7 Å². The van der Waals surface area contributed by atoms with Gasteiger partial charge in [0.05, 0.1) is 25.2 Å². The molecule has 1 heterocycles. The van der Waals surface area contributed by atoms with E-state index < -0.39 is 22.1 Å². The zero-order valence-electron chi connectivity index (χ0n) is 11.3. The van der Waals surface area contributed by atoms with Crippen molar-refractivity contribution in [3.8, 4) is 0 Å². The molecule has 1 aromatic carbocycles. The molecule has 1 atom stereocenters. The van der Waals surface area contributed by atoms with Crippen molar-refractivity contribution in [1.29, 1.82) is 0 Å². The summed E-state index contributed by atoms with van der Waals surface area (Å²) in [6, 6.07) is 4.46. The van der Waals surface area contributed by atoms with Crippen LogP contribution in [0.3, 0.4) is 0 Å². The largest absolute Gasteiger partial charge is 0.467 e. The van der Waals surface area contributed by atoms with Gasteiger partial charge in [-0.05, 0) is 34.1 Å². The Bertz CT molecular complexity index is 649. The maximum absolute atomic E-state index is 12.6. The van der Waals surface area contributed by atoms with E-state index >= 15 is 0 Å². The summed E-state index contributed by atoms with van der Waals surface area (Å²) in [6.45, 7) is 0.226. The van der Waals surface area contributed by atoms with Crippen LogP contribution in [-0.2, 0) is 24.3 Å². The van der Waals surface area contributed by atoms with Crippen LogP contribution in [0.4, 0.5) is 5.69 Å². The number of nitrogens with two attached hydrogens (primary N) is 1. The molecule has 0 aromatic heterocycles. The Hall–Kier alpha value is -1.16. The van der Waals surface area contributed by atoms with Crippen LogP contribution in [0.25, 0.3) is 0 Å². The molecule has 2 rings (SSSR count). The Morgan fingerprint density at radius 2 is 2.24 bits per heavy atom. The molecule has 9 heteroatoms. The number of esters is 1. The summed E-state index contributed by atoms with van der Waals surface area (Å²) in [4.78, 5) is 11.6. The number of benzene rings is 1. The monoisotopic (exact) mass is 378 g/mol. The smallest absolute Gasteiger partial charge is 0.336 e. The highest BCUT2D eigenvalue weighted by Crippen LogP contribution is 2.28. The van der Waals surface area contributed by atoms with Crippen LogP contribution < -0.4 is 5.73 Å². The van der Waals surface area contributed by atoms with E-state index in [0.29, 0.717) is 10.2 Å². The van der Waals surface area contributed by atoms with E-state index in [9.17, 15) is 13.2 Å². The maximum Gasteiger partial charge on any atom is 0.336 e. The molecule has 0 saturated carbocycles. The standard InChI is InChI=1S/C12H15BrN2O5S/c1-19-12(16)10-7-15(4-5-20-10)21(17,18)11-3-2-8(14)6-9(11)13/h2-3,6,10H,4-5,7,14H2,1H3. The number of carbonyl (C=O) groups is 1. The number of hydrogen-bond acceptors (Lipinski definition) is 6. The quantitative estimate of drug-likeness (QED) is 0.610. The van der Waals surface area contributed by atoms with Gasteiger partial charge in [-0.1, -0.05) is 0 Å². The lowest BCUT2D eigenvalue weighted by Gasteiger charge is -2.30. The topological polar surface area (TPSA) is 98.9 Å². The summed E-state index contributed by atoms with van der Waals surface area (Å²) in [7, 11) is -2.51. The molecular formula is C12H15BrN2O5S. The lowest BCUT2D eigenvalue weighted by molar-refractivity contribution is -0.157. The van der Waals surface area contributed by atoms with Gasteiger partial charge in [0.2, 0.25) is 10.0 Å². The molecule has 0 spiro atoms. The molecule has 0 aliphatic carbocycles. The fourth-order valence-electron chi connectivity index (χ4n) is 1.98. The zero-order valence-corrected chi connectivity index (χ0v) is 13.7. The number of methoxy groups -OCH3 is 1. The first-order valence-corrected chi connectivity index (χ1v) is 8.34. The number of anilines is 1. The predicted octanol–water partition coefficient (Wildman–Crippen LogP) is 0.594. The molecule has 1 aliphatic heterocycles. The third-order valence-electron chi connectivity index (χ3n) is 3.07. The molecule has 1 aliphatic rings. The molecule has 7 nitrogen and oxygen atoms in total. The third-order valence-corrected chi connectivity index (χ3v) is 5.91. The van der Waals surface area contributed by atoms with E-state index in [0.717, 1.165) is 0 Å². The Labute approximate surface area is 131 Å². The average Bonchev–Trinajstić information content (AvgIpc) is 2.46.